The Morgan fingerprint density at radius 2 is 1.91 bits per heavy atom. The van der Waals surface area contributed by atoms with Gasteiger partial charge in [-0.1, -0.05) is 6.92 Å². The molecular weight excluding hydrogens is 302 g/mol. The van der Waals surface area contributed by atoms with E-state index in [1.807, 2.05) is 20.8 Å². The second-order valence-corrected chi connectivity index (χ2v) is 6.35. The molecule has 0 spiro atoms. The molecule has 0 unspecified atom stereocenters. The van der Waals surface area contributed by atoms with E-state index in [-0.39, 0.29) is 11.5 Å². The molecular formula is C15H19N3O3S. The van der Waals surface area contributed by atoms with E-state index < -0.39 is 5.97 Å². The topological polar surface area (TPSA) is 84.2 Å². The van der Waals surface area contributed by atoms with Gasteiger partial charge in [0.1, 0.15) is 5.00 Å². The third kappa shape index (κ3) is 2.64. The summed E-state index contributed by atoms with van der Waals surface area (Å²) in [6, 6.07) is 0. The van der Waals surface area contributed by atoms with E-state index in [9.17, 15) is 14.7 Å². The fourth-order valence-corrected chi connectivity index (χ4v) is 3.72. The number of carboxylic acid groups (broad SMARTS) is 1. The highest BCUT2D eigenvalue weighted by molar-refractivity contribution is 7.16. The summed E-state index contributed by atoms with van der Waals surface area (Å²) in [6.45, 7) is 7.34. The zero-order valence-corrected chi connectivity index (χ0v) is 14.1. The number of nitrogens with one attached hydrogen (secondary N) is 1. The van der Waals surface area contributed by atoms with E-state index in [0.29, 0.717) is 22.7 Å². The molecule has 0 bridgehead atoms. The van der Waals surface area contributed by atoms with Gasteiger partial charge in [0.2, 0.25) is 0 Å². The molecule has 7 heteroatoms. The molecule has 2 rings (SSSR count). The summed E-state index contributed by atoms with van der Waals surface area (Å²) >= 11 is 1.30. The van der Waals surface area contributed by atoms with Crippen LogP contribution in [0.25, 0.3) is 0 Å². The lowest BCUT2D eigenvalue weighted by atomic mass is 10.1. The molecule has 2 N–H and O–H groups in total. The third-order valence-corrected chi connectivity index (χ3v) is 4.80. The van der Waals surface area contributed by atoms with Gasteiger partial charge in [-0.15, -0.1) is 11.3 Å². The fourth-order valence-electron chi connectivity index (χ4n) is 2.59. The van der Waals surface area contributed by atoms with Crippen molar-refractivity contribution >= 4 is 28.2 Å². The second-order valence-electron chi connectivity index (χ2n) is 5.12. The first-order chi connectivity index (χ1) is 10.3. The maximum atomic E-state index is 12.5. The fraction of sp³-hybridized carbons (Fsp3) is 0.400. The van der Waals surface area contributed by atoms with Crippen LogP contribution in [0.4, 0.5) is 5.00 Å². The predicted molar refractivity (Wildman–Crippen MR) is 86.0 cm³/mol. The SMILES string of the molecule is CCc1c(C)sc(NC(=O)c2c(C)nn(C)c2C)c1C(=O)O. The predicted octanol–water partition coefficient (Wildman–Crippen LogP) is 2.92. The summed E-state index contributed by atoms with van der Waals surface area (Å²) in [7, 11) is 1.77. The molecule has 22 heavy (non-hydrogen) atoms. The first-order valence-corrected chi connectivity index (χ1v) is 7.76. The average molecular weight is 321 g/mol. The number of aryl methyl sites for hydroxylation is 3. The molecule has 0 fully saturated rings. The van der Waals surface area contributed by atoms with Crippen molar-refractivity contribution in [1.29, 1.82) is 0 Å². The van der Waals surface area contributed by atoms with Gasteiger partial charge < -0.3 is 10.4 Å². The highest BCUT2D eigenvalue weighted by Crippen LogP contribution is 2.34. The van der Waals surface area contributed by atoms with Gasteiger partial charge >= 0.3 is 5.97 Å². The van der Waals surface area contributed by atoms with E-state index in [2.05, 4.69) is 10.4 Å². The maximum absolute atomic E-state index is 12.5. The van der Waals surface area contributed by atoms with Crippen LogP contribution in [0.3, 0.4) is 0 Å². The van der Waals surface area contributed by atoms with E-state index in [1.54, 1.807) is 18.7 Å². The first-order valence-electron chi connectivity index (χ1n) is 6.95. The molecule has 0 aliphatic heterocycles. The average Bonchev–Trinajstić information content (AvgIpc) is 2.86. The zero-order chi connectivity index (χ0) is 16.6. The number of aromatic carboxylic acids is 1. The number of hydrogen-bond acceptors (Lipinski definition) is 4. The number of carbonyl (C=O) groups is 2. The molecule has 2 aromatic rings. The van der Waals surface area contributed by atoms with Crippen molar-refractivity contribution in [3.8, 4) is 0 Å². The lowest BCUT2D eigenvalue weighted by Gasteiger charge is -2.05. The quantitative estimate of drug-likeness (QED) is 0.907. The van der Waals surface area contributed by atoms with Crippen LogP contribution in [0.2, 0.25) is 0 Å². The number of rotatable bonds is 4. The number of hydrogen-bond donors (Lipinski definition) is 2. The van der Waals surface area contributed by atoms with Gasteiger partial charge in [-0.25, -0.2) is 4.79 Å². The summed E-state index contributed by atoms with van der Waals surface area (Å²) in [4.78, 5) is 24.9. The van der Waals surface area contributed by atoms with Crippen molar-refractivity contribution in [3.63, 3.8) is 0 Å². The number of amides is 1. The minimum absolute atomic E-state index is 0.192. The van der Waals surface area contributed by atoms with Crippen LogP contribution in [-0.4, -0.2) is 26.8 Å². The molecule has 0 saturated carbocycles. The molecule has 2 aromatic heterocycles. The molecule has 0 radical (unpaired) electrons. The number of carboxylic acids is 1. The van der Waals surface area contributed by atoms with E-state index >= 15 is 0 Å². The maximum Gasteiger partial charge on any atom is 0.339 e. The molecule has 2 heterocycles. The van der Waals surface area contributed by atoms with Crippen molar-refractivity contribution in [2.24, 2.45) is 7.05 Å². The lowest BCUT2D eigenvalue weighted by Crippen LogP contribution is -2.15. The van der Waals surface area contributed by atoms with Crippen LogP contribution in [-0.2, 0) is 13.5 Å². The van der Waals surface area contributed by atoms with Crippen molar-refractivity contribution in [3.05, 3.63) is 33.0 Å². The highest BCUT2D eigenvalue weighted by atomic mass is 32.1. The molecule has 118 valence electrons. The summed E-state index contributed by atoms with van der Waals surface area (Å²) in [5, 5.41) is 16.8. The number of thiophene rings is 1. The number of anilines is 1. The lowest BCUT2D eigenvalue weighted by molar-refractivity contribution is 0.0697. The second kappa shape index (κ2) is 5.92. The summed E-state index contributed by atoms with van der Waals surface area (Å²) < 4.78 is 1.64. The Hall–Kier alpha value is -2.15. The van der Waals surface area contributed by atoms with Crippen LogP contribution in [0.1, 0.15) is 49.5 Å². The van der Waals surface area contributed by atoms with Gasteiger partial charge in [0.05, 0.1) is 16.8 Å². The Labute approximate surface area is 132 Å². The monoisotopic (exact) mass is 321 g/mol. The molecule has 0 atom stereocenters. The van der Waals surface area contributed by atoms with Crippen molar-refractivity contribution in [1.82, 2.24) is 9.78 Å². The number of aromatic nitrogens is 2. The minimum Gasteiger partial charge on any atom is -0.478 e. The Morgan fingerprint density at radius 3 is 2.36 bits per heavy atom. The third-order valence-electron chi connectivity index (χ3n) is 3.74. The number of carbonyl (C=O) groups excluding carboxylic acids is 1. The van der Waals surface area contributed by atoms with Crippen LogP contribution in [0, 0.1) is 20.8 Å². The molecule has 1 amide bonds. The van der Waals surface area contributed by atoms with Crippen molar-refractivity contribution in [2.75, 3.05) is 5.32 Å². The Morgan fingerprint density at radius 1 is 1.27 bits per heavy atom. The van der Waals surface area contributed by atoms with Gasteiger partial charge in [0.25, 0.3) is 5.91 Å². The van der Waals surface area contributed by atoms with Crippen LogP contribution in [0.5, 0.6) is 0 Å². The van der Waals surface area contributed by atoms with Gasteiger partial charge in [-0.2, -0.15) is 5.10 Å². The summed E-state index contributed by atoms with van der Waals surface area (Å²) in [6.07, 6.45) is 0.616. The first kappa shape index (κ1) is 16.2. The largest absolute Gasteiger partial charge is 0.478 e. The molecule has 0 aliphatic rings. The van der Waals surface area contributed by atoms with E-state index in [0.717, 1.165) is 16.1 Å². The highest BCUT2D eigenvalue weighted by Gasteiger charge is 2.24. The van der Waals surface area contributed by atoms with Crippen molar-refractivity contribution in [2.45, 2.75) is 34.1 Å². The normalized spacial score (nSPS) is 10.8. The summed E-state index contributed by atoms with van der Waals surface area (Å²) in [5.41, 5.74) is 2.82. The Bertz CT molecular complexity index is 759. The van der Waals surface area contributed by atoms with Crippen molar-refractivity contribution < 1.29 is 14.7 Å². The number of nitrogens with zero attached hydrogens (tertiary/aromatic N) is 2. The van der Waals surface area contributed by atoms with Gasteiger partial charge in [-0.05, 0) is 32.8 Å². The minimum atomic E-state index is -1.02. The molecule has 0 aromatic carbocycles. The summed E-state index contributed by atoms with van der Waals surface area (Å²) in [5.74, 6) is -1.34. The van der Waals surface area contributed by atoms with Crippen LogP contribution < -0.4 is 5.32 Å². The smallest absolute Gasteiger partial charge is 0.339 e. The zero-order valence-electron chi connectivity index (χ0n) is 13.3. The van der Waals surface area contributed by atoms with E-state index in [4.69, 9.17) is 0 Å². The van der Waals surface area contributed by atoms with Crippen LogP contribution in [0.15, 0.2) is 0 Å². The Kier molecular flexibility index (Phi) is 4.37. The van der Waals surface area contributed by atoms with Gasteiger partial charge in [0, 0.05) is 17.6 Å². The Balaban J connectivity index is 2.43. The van der Waals surface area contributed by atoms with Gasteiger partial charge in [0.15, 0.2) is 0 Å². The molecule has 0 saturated heterocycles. The molecule has 6 nitrogen and oxygen atoms in total. The van der Waals surface area contributed by atoms with E-state index in [1.165, 1.54) is 11.3 Å². The van der Waals surface area contributed by atoms with Gasteiger partial charge in [-0.3, -0.25) is 9.48 Å². The standard InChI is InChI=1S/C15H19N3O3S/c1-6-10-9(4)22-14(12(10)15(20)21)16-13(19)11-7(2)17-18(5)8(11)3/h6H2,1-5H3,(H,16,19)(H,20,21). The van der Waals surface area contributed by atoms with Crippen LogP contribution >= 0.6 is 11.3 Å². The molecule has 0 aliphatic carbocycles.